The van der Waals surface area contributed by atoms with Gasteiger partial charge in [0.25, 0.3) is 9.03 Å². The largest absolute Gasteiger partial charge is 0.440 e. The summed E-state index contributed by atoms with van der Waals surface area (Å²) in [6, 6.07) is 43.8. The molecule has 296 valence electrons. The van der Waals surface area contributed by atoms with Gasteiger partial charge in [-0.3, -0.25) is 0 Å². The van der Waals surface area contributed by atoms with Crippen LogP contribution in [0.2, 0.25) is 0 Å². The Balaban J connectivity index is 1.62. The Morgan fingerprint density at radius 3 is 0.947 bits per heavy atom. The van der Waals surface area contributed by atoms with Gasteiger partial charge in [-0.05, 0) is 114 Å². The van der Waals surface area contributed by atoms with Crippen LogP contribution in [0.15, 0.2) is 121 Å². The summed E-state index contributed by atoms with van der Waals surface area (Å²) in [4.78, 5) is 0. The van der Waals surface area contributed by atoms with Crippen molar-refractivity contribution in [2.24, 2.45) is 0 Å². The van der Waals surface area contributed by atoms with E-state index in [-0.39, 0.29) is 30.7 Å². The van der Waals surface area contributed by atoms with Crippen LogP contribution in [0.4, 0.5) is 0 Å². The van der Waals surface area contributed by atoms with Crippen molar-refractivity contribution in [2.45, 2.75) is 119 Å². The Morgan fingerprint density at radius 2 is 0.649 bits per heavy atom. The molecule has 0 radical (unpaired) electrons. The summed E-state index contributed by atoms with van der Waals surface area (Å²) in [5.74, 6) is 1.72. The van der Waals surface area contributed by atoms with E-state index < -0.39 is 0 Å². The Kier molecular flexibility index (Phi) is 11.7. The summed E-state index contributed by atoms with van der Waals surface area (Å²) in [6.07, 6.45) is 0. The van der Waals surface area contributed by atoms with Crippen molar-refractivity contribution in [3.05, 3.63) is 155 Å². The minimum absolute atomic E-state index is 0.156. The van der Waals surface area contributed by atoms with Gasteiger partial charge in [0.05, 0.1) is 0 Å². The third kappa shape index (κ3) is 8.78. The fraction of sp³-hybridized carbons (Fsp3) is 0.333. The van der Waals surface area contributed by atoms with Gasteiger partial charge < -0.3 is 9.05 Å². The lowest BCUT2D eigenvalue weighted by Gasteiger charge is -2.35. The van der Waals surface area contributed by atoms with Crippen LogP contribution in [0, 0.1) is 13.8 Å². The highest BCUT2D eigenvalue weighted by Gasteiger charge is 2.35. The monoisotopic (exact) mass is 774 g/mol. The number of hydrogen-bond donors (Lipinski definition) is 0. The minimum Gasteiger partial charge on any atom is -0.440 e. The first kappa shape index (κ1) is 42.0. The Morgan fingerprint density at radius 1 is 0.351 bits per heavy atom. The number of hydrogen-bond acceptors (Lipinski definition) is 2. The molecular weight excluding hydrogens is 712 g/mol. The molecule has 57 heavy (non-hydrogen) atoms. The SMILES string of the molecule is Cc1ccccc1-c1cc(OPOc2cc(-c3ccccc3C)c(C(C)(C)C)c(-c3ccccc3)c2C(C)(C)C)c(C(C)(C)C)c(-c2ccccc2)c1C(C)(C)C. The highest BCUT2D eigenvalue weighted by molar-refractivity contribution is 7.27. The summed E-state index contributed by atoms with van der Waals surface area (Å²) in [6.45, 7) is 32.2. The number of rotatable bonds is 8. The molecule has 6 aromatic carbocycles. The molecule has 0 saturated carbocycles. The molecule has 0 bridgehead atoms. The third-order valence-electron chi connectivity index (χ3n) is 10.9. The van der Waals surface area contributed by atoms with Gasteiger partial charge in [-0.2, -0.15) is 0 Å². The molecule has 0 fully saturated rings. The standard InChI is InChI=1S/C54H63O2P/c1-35-25-21-23-31-39(35)41-33-43(49(53(9,10)11)45(47(41)51(3,4)5)37-27-17-15-18-28-37)55-57-56-44-34-42(40-32-24-22-26-36(40)2)48(52(6,7)8)46(50(44)54(12,13)14)38-29-19-16-20-30-38/h15-34,57H,1-14H3. The van der Waals surface area contributed by atoms with Gasteiger partial charge in [0.15, 0.2) is 0 Å². The predicted octanol–water partition coefficient (Wildman–Crippen LogP) is 16.1. The van der Waals surface area contributed by atoms with Crippen molar-refractivity contribution in [1.82, 2.24) is 0 Å². The highest BCUT2D eigenvalue weighted by atomic mass is 31.1. The van der Waals surface area contributed by atoms with Crippen molar-refractivity contribution in [1.29, 1.82) is 0 Å². The molecule has 0 saturated heterocycles. The normalized spacial score (nSPS) is 12.5. The maximum atomic E-state index is 7.09. The van der Waals surface area contributed by atoms with Gasteiger partial charge in [0.1, 0.15) is 11.5 Å². The summed E-state index contributed by atoms with van der Waals surface area (Å²) in [5, 5.41) is 0. The summed E-state index contributed by atoms with van der Waals surface area (Å²) in [5.41, 5.74) is 16.4. The zero-order valence-corrected chi connectivity index (χ0v) is 37.9. The summed E-state index contributed by atoms with van der Waals surface area (Å²) >= 11 is 0. The third-order valence-corrected chi connectivity index (χ3v) is 11.5. The second kappa shape index (κ2) is 15.9. The molecule has 0 unspecified atom stereocenters. The lowest BCUT2D eigenvalue weighted by atomic mass is 9.71. The summed E-state index contributed by atoms with van der Waals surface area (Å²) < 4.78 is 14.2. The van der Waals surface area contributed by atoms with Crippen molar-refractivity contribution < 1.29 is 9.05 Å². The van der Waals surface area contributed by atoms with Crippen LogP contribution in [0.1, 0.15) is 116 Å². The smallest absolute Gasteiger partial charge is 0.275 e. The highest BCUT2D eigenvalue weighted by Crippen LogP contribution is 2.53. The fourth-order valence-corrected chi connectivity index (χ4v) is 9.14. The van der Waals surface area contributed by atoms with E-state index in [1.165, 1.54) is 77.9 Å². The van der Waals surface area contributed by atoms with E-state index in [1.54, 1.807) is 0 Å². The average molecular weight is 775 g/mol. The van der Waals surface area contributed by atoms with Crippen LogP contribution in [0.25, 0.3) is 44.5 Å². The van der Waals surface area contributed by atoms with Crippen LogP contribution in [0.5, 0.6) is 11.5 Å². The van der Waals surface area contributed by atoms with Gasteiger partial charge in [0.2, 0.25) is 0 Å². The van der Waals surface area contributed by atoms with Crippen LogP contribution in [-0.2, 0) is 21.7 Å². The molecule has 0 spiro atoms. The van der Waals surface area contributed by atoms with E-state index in [9.17, 15) is 0 Å². The molecule has 0 aliphatic heterocycles. The summed E-state index contributed by atoms with van der Waals surface area (Å²) in [7, 11) is -0.284. The molecular formula is C54H63O2P. The molecule has 0 amide bonds. The molecule has 0 aliphatic carbocycles. The molecule has 3 heteroatoms. The van der Waals surface area contributed by atoms with E-state index >= 15 is 0 Å². The second-order valence-corrected chi connectivity index (χ2v) is 20.3. The van der Waals surface area contributed by atoms with Gasteiger partial charge in [0, 0.05) is 11.1 Å². The van der Waals surface area contributed by atoms with Crippen LogP contribution in [0.3, 0.4) is 0 Å². The molecule has 0 aromatic heterocycles. The van der Waals surface area contributed by atoms with Gasteiger partial charge in [-0.1, -0.05) is 192 Å². The van der Waals surface area contributed by atoms with Crippen molar-refractivity contribution in [3.63, 3.8) is 0 Å². The first-order chi connectivity index (χ1) is 26.7. The minimum atomic E-state index is -0.284. The van der Waals surface area contributed by atoms with Crippen LogP contribution < -0.4 is 9.05 Å². The average Bonchev–Trinajstić information content (AvgIpc) is 3.13. The molecule has 0 aliphatic rings. The maximum absolute atomic E-state index is 7.09. The second-order valence-electron chi connectivity index (χ2n) is 19.7. The molecule has 6 aromatic rings. The number of aryl methyl sites for hydroxylation is 2. The molecule has 0 atom stereocenters. The Hall–Kier alpha value is -4.65. The van der Waals surface area contributed by atoms with E-state index in [4.69, 9.17) is 9.05 Å². The van der Waals surface area contributed by atoms with Gasteiger partial charge >= 0.3 is 0 Å². The number of benzene rings is 6. The van der Waals surface area contributed by atoms with E-state index in [2.05, 4.69) is 218 Å². The van der Waals surface area contributed by atoms with E-state index in [0.717, 1.165) is 11.5 Å². The van der Waals surface area contributed by atoms with Crippen molar-refractivity contribution in [3.8, 4) is 56.0 Å². The molecule has 2 nitrogen and oxygen atoms in total. The predicted molar refractivity (Wildman–Crippen MR) is 248 cm³/mol. The molecule has 6 rings (SSSR count). The zero-order chi connectivity index (χ0) is 41.5. The zero-order valence-electron chi connectivity index (χ0n) is 36.9. The molecule has 0 heterocycles. The Bertz CT molecular complexity index is 2190. The van der Waals surface area contributed by atoms with Crippen LogP contribution >= 0.6 is 9.03 Å². The topological polar surface area (TPSA) is 18.5 Å². The Labute approximate surface area is 346 Å². The van der Waals surface area contributed by atoms with Crippen molar-refractivity contribution in [2.75, 3.05) is 0 Å². The van der Waals surface area contributed by atoms with E-state index in [0.29, 0.717) is 0 Å². The lowest BCUT2D eigenvalue weighted by Crippen LogP contribution is -2.22. The van der Waals surface area contributed by atoms with Crippen LogP contribution in [-0.4, -0.2) is 0 Å². The first-order valence-electron chi connectivity index (χ1n) is 20.4. The van der Waals surface area contributed by atoms with Gasteiger partial charge in [-0.25, -0.2) is 0 Å². The lowest BCUT2D eigenvalue weighted by molar-refractivity contribution is 0.478. The van der Waals surface area contributed by atoms with Gasteiger partial charge in [-0.15, -0.1) is 0 Å². The van der Waals surface area contributed by atoms with Crippen molar-refractivity contribution >= 4 is 9.03 Å². The maximum Gasteiger partial charge on any atom is 0.275 e. The molecule has 0 N–H and O–H groups in total. The first-order valence-corrected chi connectivity index (χ1v) is 21.3. The fourth-order valence-electron chi connectivity index (χ4n) is 8.60. The van der Waals surface area contributed by atoms with E-state index in [1.807, 2.05) is 0 Å². The quantitative estimate of drug-likeness (QED) is 0.143.